The number of rotatable bonds is 10. The van der Waals surface area contributed by atoms with Crippen LogP contribution in [0.5, 0.6) is 0 Å². The van der Waals surface area contributed by atoms with Crippen LogP contribution in [-0.4, -0.2) is 29.5 Å². The highest BCUT2D eigenvalue weighted by Gasteiger charge is 2.21. The van der Waals surface area contributed by atoms with Crippen LogP contribution in [0.3, 0.4) is 0 Å². The summed E-state index contributed by atoms with van der Waals surface area (Å²) in [6.07, 6.45) is 4.47. The molecule has 0 spiro atoms. The highest BCUT2D eigenvalue weighted by atomic mass is 79.9. The van der Waals surface area contributed by atoms with E-state index in [4.69, 9.17) is 0 Å². The Labute approximate surface area is 135 Å². The van der Waals surface area contributed by atoms with E-state index in [0.717, 1.165) is 36.0 Å². The number of aliphatic hydroxyl groups excluding tert-OH is 1. The summed E-state index contributed by atoms with van der Waals surface area (Å²) in [5.41, 5.74) is -0.113. The predicted molar refractivity (Wildman–Crippen MR) is 92.5 cm³/mol. The number of thioether (sulfide) groups is 1. The van der Waals surface area contributed by atoms with Gasteiger partial charge in [-0.25, -0.2) is 0 Å². The standard InChI is InChI=1S/C16H26BrNOS/c1-3-11-18-16(2,13-19)10-4-5-12-20-15-8-6-14(17)7-9-15/h6-9,18-19H,3-5,10-13H2,1-2H3. The molecule has 4 heteroatoms. The SMILES string of the molecule is CCCNC(C)(CO)CCCCSc1ccc(Br)cc1. The first-order valence-electron chi connectivity index (χ1n) is 7.34. The Morgan fingerprint density at radius 3 is 2.55 bits per heavy atom. The van der Waals surface area contributed by atoms with E-state index in [9.17, 15) is 5.11 Å². The lowest BCUT2D eigenvalue weighted by atomic mass is 9.96. The first-order valence-corrected chi connectivity index (χ1v) is 9.12. The van der Waals surface area contributed by atoms with Crippen molar-refractivity contribution in [2.75, 3.05) is 18.9 Å². The average Bonchev–Trinajstić information content (AvgIpc) is 2.47. The molecule has 0 heterocycles. The second-order valence-corrected chi connectivity index (χ2v) is 7.49. The molecule has 0 bridgehead atoms. The molecule has 2 N–H and O–H groups in total. The summed E-state index contributed by atoms with van der Waals surface area (Å²) in [6, 6.07) is 8.46. The second kappa shape index (κ2) is 9.82. The van der Waals surface area contributed by atoms with Gasteiger partial charge in [0.1, 0.15) is 0 Å². The minimum absolute atomic E-state index is 0.113. The van der Waals surface area contributed by atoms with Crippen molar-refractivity contribution in [3.05, 3.63) is 28.7 Å². The number of unbranched alkanes of at least 4 members (excludes halogenated alkanes) is 1. The Morgan fingerprint density at radius 2 is 1.95 bits per heavy atom. The number of hydrogen-bond acceptors (Lipinski definition) is 3. The van der Waals surface area contributed by atoms with Crippen molar-refractivity contribution in [2.45, 2.75) is 50.0 Å². The molecule has 0 aliphatic rings. The van der Waals surface area contributed by atoms with Gasteiger partial charge in [0, 0.05) is 14.9 Å². The van der Waals surface area contributed by atoms with Crippen molar-refractivity contribution in [3.63, 3.8) is 0 Å². The fourth-order valence-corrected chi connectivity index (χ4v) is 3.17. The normalized spacial score (nSPS) is 14.2. The van der Waals surface area contributed by atoms with Crippen LogP contribution in [-0.2, 0) is 0 Å². The summed E-state index contributed by atoms with van der Waals surface area (Å²) in [5.74, 6) is 1.14. The molecule has 0 aromatic heterocycles. The quantitative estimate of drug-likeness (QED) is 0.477. The molecule has 1 rings (SSSR count). The molecule has 20 heavy (non-hydrogen) atoms. The van der Waals surface area contributed by atoms with Crippen LogP contribution in [0.2, 0.25) is 0 Å². The zero-order chi connectivity index (χ0) is 14.8. The van der Waals surface area contributed by atoms with Gasteiger partial charge in [-0.15, -0.1) is 11.8 Å². The van der Waals surface area contributed by atoms with Gasteiger partial charge in [0.05, 0.1) is 6.61 Å². The summed E-state index contributed by atoms with van der Waals surface area (Å²) in [4.78, 5) is 1.32. The van der Waals surface area contributed by atoms with E-state index in [1.54, 1.807) is 0 Å². The maximum atomic E-state index is 9.50. The summed E-state index contributed by atoms with van der Waals surface area (Å²) >= 11 is 5.35. The lowest BCUT2D eigenvalue weighted by molar-refractivity contribution is 0.163. The number of benzene rings is 1. The molecule has 0 radical (unpaired) electrons. The van der Waals surface area contributed by atoms with Gasteiger partial charge in [0.15, 0.2) is 0 Å². The molecule has 0 aliphatic carbocycles. The first kappa shape index (κ1) is 18.0. The molecule has 114 valence electrons. The average molecular weight is 360 g/mol. The van der Waals surface area contributed by atoms with Crippen LogP contribution in [0.4, 0.5) is 0 Å². The topological polar surface area (TPSA) is 32.3 Å². The predicted octanol–water partition coefficient (Wildman–Crippen LogP) is 4.46. The Kier molecular flexibility index (Phi) is 8.85. The largest absolute Gasteiger partial charge is 0.394 e. The van der Waals surface area contributed by atoms with Crippen LogP contribution >= 0.6 is 27.7 Å². The molecule has 2 nitrogen and oxygen atoms in total. The van der Waals surface area contributed by atoms with Gasteiger partial charge >= 0.3 is 0 Å². The van der Waals surface area contributed by atoms with E-state index >= 15 is 0 Å². The third kappa shape index (κ3) is 7.11. The van der Waals surface area contributed by atoms with Gasteiger partial charge in [0.2, 0.25) is 0 Å². The molecule has 1 atom stereocenters. The zero-order valence-electron chi connectivity index (χ0n) is 12.5. The minimum Gasteiger partial charge on any atom is -0.394 e. The molecule has 1 aromatic carbocycles. The molecular formula is C16H26BrNOS. The Hall–Kier alpha value is -0.0300. The van der Waals surface area contributed by atoms with Gasteiger partial charge in [0.25, 0.3) is 0 Å². The van der Waals surface area contributed by atoms with E-state index in [2.05, 4.69) is 59.4 Å². The molecule has 0 saturated carbocycles. The Bertz CT molecular complexity index is 371. The maximum absolute atomic E-state index is 9.50. The summed E-state index contributed by atoms with van der Waals surface area (Å²) in [6.45, 7) is 5.46. The lowest BCUT2D eigenvalue weighted by Gasteiger charge is -2.28. The monoisotopic (exact) mass is 359 g/mol. The van der Waals surface area contributed by atoms with E-state index < -0.39 is 0 Å². The van der Waals surface area contributed by atoms with Crippen molar-refractivity contribution >= 4 is 27.7 Å². The molecular weight excluding hydrogens is 334 g/mol. The van der Waals surface area contributed by atoms with Gasteiger partial charge in [-0.1, -0.05) is 29.3 Å². The number of aliphatic hydroxyl groups is 1. The molecule has 0 saturated heterocycles. The highest BCUT2D eigenvalue weighted by Crippen LogP contribution is 2.22. The van der Waals surface area contributed by atoms with Gasteiger partial charge < -0.3 is 10.4 Å². The van der Waals surface area contributed by atoms with E-state index in [-0.39, 0.29) is 12.1 Å². The minimum atomic E-state index is -0.113. The number of nitrogens with one attached hydrogen (secondary N) is 1. The molecule has 1 unspecified atom stereocenters. The molecule has 1 aromatic rings. The maximum Gasteiger partial charge on any atom is 0.0610 e. The third-order valence-corrected chi connectivity index (χ3v) is 4.98. The molecule has 0 fully saturated rings. The Morgan fingerprint density at radius 1 is 1.25 bits per heavy atom. The van der Waals surface area contributed by atoms with Crippen LogP contribution in [0.25, 0.3) is 0 Å². The van der Waals surface area contributed by atoms with Crippen molar-refractivity contribution in [2.24, 2.45) is 0 Å². The van der Waals surface area contributed by atoms with Crippen molar-refractivity contribution in [1.29, 1.82) is 0 Å². The smallest absolute Gasteiger partial charge is 0.0610 e. The number of hydrogen-bond donors (Lipinski definition) is 2. The summed E-state index contributed by atoms with van der Waals surface area (Å²) < 4.78 is 1.13. The van der Waals surface area contributed by atoms with Gasteiger partial charge in [-0.2, -0.15) is 0 Å². The summed E-state index contributed by atoms with van der Waals surface area (Å²) in [7, 11) is 0. The van der Waals surface area contributed by atoms with Crippen molar-refractivity contribution < 1.29 is 5.11 Å². The zero-order valence-corrected chi connectivity index (χ0v) is 14.9. The van der Waals surface area contributed by atoms with Crippen LogP contribution < -0.4 is 5.32 Å². The van der Waals surface area contributed by atoms with Crippen LogP contribution in [0.15, 0.2) is 33.6 Å². The van der Waals surface area contributed by atoms with E-state index in [1.165, 1.54) is 11.3 Å². The van der Waals surface area contributed by atoms with Crippen molar-refractivity contribution in [1.82, 2.24) is 5.32 Å². The van der Waals surface area contributed by atoms with E-state index in [1.807, 2.05) is 11.8 Å². The van der Waals surface area contributed by atoms with Crippen molar-refractivity contribution in [3.8, 4) is 0 Å². The highest BCUT2D eigenvalue weighted by molar-refractivity contribution is 9.10. The first-order chi connectivity index (χ1) is 9.59. The van der Waals surface area contributed by atoms with E-state index in [0.29, 0.717) is 0 Å². The molecule has 0 amide bonds. The van der Waals surface area contributed by atoms with Gasteiger partial charge in [-0.3, -0.25) is 0 Å². The van der Waals surface area contributed by atoms with Crippen LogP contribution in [0.1, 0.15) is 39.5 Å². The second-order valence-electron chi connectivity index (χ2n) is 5.41. The fourth-order valence-electron chi connectivity index (χ4n) is 1.99. The third-order valence-electron chi connectivity index (χ3n) is 3.36. The van der Waals surface area contributed by atoms with Crippen LogP contribution in [0, 0.1) is 0 Å². The lowest BCUT2D eigenvalue weighted by Crippen LogP contribution is -2.46. The van der Waals surface area contributed by atoms with Gasteiger partial charge in [-0.05, 0) is 62.7 Å². The fraction of sp³-hybridized carbons (Fsp3) is 0.625. The number of halogens is 1. The summed E-state index contributed by atoms with van der Waals surface area (Å²) in [5, 5.41) is 12.9. The molecule has 0 aliphatic heterocycles. The Balaban J connectivity index is 2.18.